The van der Waals surface area contributed by atoms with E-state index in [1.54, 1.807) is 6.07 Å². The maximum absolute atomic E-state index is 13.3. The summed E-state index contributed by atoms with van der Waals surface area (Å²) in [4.78, 5) is 27.8. The molecule has 1 amide bonds. The molecule has 3 aliphatic carbocycles. The van der Waals surface area contributed by atoms with E-state index in [0.717, 1.165) is 38.6 Å². The summed E-state index contributed by atoms with van der Waals surface area (Å²) in [6, 6.07) is 5.81. The third kappa shape index (κ3) is 3.70. The summed E-state index contributed by atoms with van der Waals surface area (Å²) in [6.45, 7) is 3.59. The minimum Gasteiger partial charge on any atom is -0.508 e. The molecule has 2 fully saturated rings. The van der Waals surface area contributed by atoms with Crippen LogP contribution in [0, 0.1) is 23.2 Å². The number of nitrogens with zero attached hydrogens (tertiary/aromatic N) is 1. The summed E-state index contributed by atoms with van der Waals surface area (Å²) < 4.78 is 0. The summed E-state index contributed by atoms with van der Waals surface area (Å²) >= 11 is 0. The lowest BCUT2D eigenvalue weighted by atomic mass is 9.55. The number of aromatic hydroxyl groups is 1. The van der Waals surface area contributed by atoms with Crippen LogP contribution >= 0.6 is 0 Å². The summed E-state index contributed by atoms with van der Waals surface area (Å²) in [5.41, 5.74) is 2.37. The standard InChI is InChI=1S/C24H34N2O3/c1-24-9-8-19-18-7-5-17(27)12-15(18)4-6-20(19)21(24)13-16(23(24)29)14-22(28)25-10-11-26(2)3/h5,7,12,16,19-21,27H,4,6,8-11,13-14H2,1-3H3,(H,25,28)/t16?,19?,20?,21?,24-/m0/s1. The van der Waals surface area contributed by atoms with Gasteiger partial charge < -0.3 is 15.3 Å². The highest BCUT2D eigenvalue weighted by Crippen LogP contribution is 2.61. The van der Waals surface area contributed by atoms with Crippen LogP contribution in [0.15, 0.2) is 18.2 Å². The predicted octanol–water partition coefficient (Wildman–Crippen LogP) is 3.11. The van der Waals surface area contributed by atoms with E-state index in [0.29, 0.717) is 42.3 Å². The Bertz CT molecular complexity index is 805. The smallest absolute Gasteiger partial charge is 0.220 e. The van der Waals surface area contributed by atoms with Gasteiger partial charge in [-0.3, -0.25) is 9.59 Å². The van der Waals surface area contributed by atoms with Crippen molar-refractivity contribution in [3.63, 3.8) is 0 Å². The number of phenols is 1. The van der Waals surface area contributed by atoms with Crippen molar-refractivity contribution in [2.24, 2.45) is 23.2 Å². The van der Waals surface area contributed by atoms with Gasteiger partial charge in [0.05, 0.1) is 0 Å². The Morgan fingerprint density at radius 2 is 2.10 bits per heavy atom. The van der Waals surface area contributed by atoms with Gasteiger partial charge in [-0.25, -0.2) is 0 Å². The Balaban J connectivity index is 1.47. The molecule has 0 bridgehead atoms. The molecule has 2 N–H and O–H groups in total. The Labute approximate surface area is 173 Å². The maximum atomic E-state index is 13.3. The molecule has 4 unspecified atom stereocenters. The SMILES string of the molecule is CN(C)CCNC(=O)CC1CC2C3CCc4cc(O)ccc4C3CC[C@]2(C)C1=O. The number of likely N-dealkylation sites (N-methyl/N-ethyl adjacent to an activating group) is 1. The first-order valence-electron chi connectivity index (χ1n) is 11.1. The minimum absolute atomic E-state index is 0.00784. The summed E-state index contributed by atoms with van der Waals surface area (Å²) in [5.74, 6) is 1.90. The van der Waals surface area contributed by atoms with Gasteiger partial charge in [-0.15, -0.1) is 0 Å². The normalized spacial score (nSPS) is 33.2. The Morgan fingerprint density at radius 3 is 2.86 bits per heavy atom. The zero-order chi connectivity index (χ0) is 20.8. The van der Waals surface area contributed by atoms with E-state index in [2.05, 4.69) is 18.3 Å². The topological polar surface area (TPSA) is 69.6 Å². The van der Waals surface area contributed by atoms with E-state index in [-0.39, 0.29) is 17.2 Å². The van der Waals surface area contributed by atoms with Gasteiger partial charge in [0.15, 0.2) is 0 Å². The van der Waals surface area contributed by atoms with Crippen molar-refractivity contribution in [2.45, 2.75) is 51.4 Å². The monoisotopic (exact) mass is 398 g/mol. The second-order valence-corrected chi connectivity index (χ2v) is 9.91. The first-order valence-corrected chi connectivity index (χ1v) is 11.1. The van der Waals surface area contributed by atoms with Crippen LogP contribution in [0.4, 0.5) is 0 Å². The zero-order valence-corrected chi connectivity index (χ0v) is 17.9. The van der Waals surface area contributed by atoms with Crippen LogP contribution in [0.1, 0.15) is 56.1 Å². The molecule has 0 aliphatic heterocycles. The van der Waals surface area contributed by atoms with Crippen molar-refractivity contribution < 1.29 is 14.7 Å². The first kappa shape index (κ1) is 20.4. The molecule has 4 rings (SSSR count). The second kappa shape index (κ2) is 7.75. The maximum Gasteiger partial charge on any atom is 0.220 e. The average Bonchev–Trinajstić information content (AvgIpc) is 2.92. The number of ketones is 1. The number of phenolic OH excluding ortho intramolecular Hbond substituents is 1. The highest BCUT2D eigenvalue weighted by molar-refractivity contribution is 5.93. The van der Waals surface area contributed by atoms with Crippen molar-refractivity contribution in [3.8, 4) is 5.75 Å². The predicted molar refractivity (Wildman–Crippen MR) is 113 cm³/mol. The van der Waals surface area contributed by atoms with E-state index >= 15 is 0 Å². The number of carbonyl (C=O) groups excluding carboxylic acids is 2. The highest BCUT2D eigenvalue weighted by Gasteiger charge is 2.58. The van der Waals surface area contributed by atoms with E-state index < -0.39 is 0 Å². The molecule has 1 aromatic carbocycles. The molecule has 0 heterocycles. The molecular weight excluding hydrogens is 364 g/mol. The molecule has 158 valence electrons. The summed E-state index contributed by atoms with van der Waals surface area (Å²) in [7, 11) is 3.97. The largest absolute Gasteiger partial charge is 0.508 e. The lowest BCUT2D eigenvalue weighted by Gasteiger charge is -2.48. The van der Waals surface area contributed by atoms with E-state index in [1.165, 1.54) is 11.1 Å². The van der Waals surface area contributed by atoms with Gasteiger partial charge >= 0.3 is 0 Å². The molecule has 0 aromatic heterocycles. The molecule has 5 heteroatoms. The van der Waals surface area contributed by atoms with Crippen LogP contribution in [0.2, 0.25) is 0 Å². The molecule has 5 atom stereocenters. The van der Waals surface area contributed by atoms with Gasteiger partial charge in [0.2, 0.25) is 5.91 Å². The lowest BCUT2D eigenvalue weighted by molar-refractivity contribution is -0.134. The van der Waals surface area contributed by atoms with Crippen molar-refractivity contribution in [2.75, 3.05) is 27.2 Å². The quantitative estimate of drug-likeness (QED) is 0.800. The van der Waals surface area contributed by atoms with Crippen LogP contribution in [0.5, 0.6) is 5.75 Å². The average molecular weight is 399 g/mol. The van der Waals surface area contributed by atoms with Crippen LogP contribution in [0.3, 0.4) is 0 Å². The number of Topliss-reactive ketones (excluding diaryl/α,β-unsaturated/α-hetero) is 1. The number of fused-ring (bicyclic) bond motifs is 5. The molecule has 1 aromatic rings. The van der Waals surface area contributed by atoms with Crippen LogP contribution in [-0.4, -0.2) is 48.9 Å². The third-order valence-corrected chi connectivity index (χ3v) is 7.88. The molecule has 0 spiro atoms. The van der Waals surface area contributed by atoms with Crippen molar-refractivity contribution in [3.05, 3.63) is 29.3 Å². The fourth-order valence-electron chi connectivity index (χ4n) is 6.40. The van der Waals surface area contributed by atoms with Crippen LogP contribution < -0.4 is 5.32 Å². The molecule has 3 aliphatic rings. The van der Waals surface area contributed by atoms with Crippen molar-refractivity contribution >= 4 is 11.7 Å². The Morgan fingerprint density at radius 1 is 1.31 bits per heavy atom. The molecular formula is C24H34N2O3. The van der Waals surface area contributed by atoms with Crippen molar-refractivity contribution in [1.29, 1.82) is 0 Å². The number of amides is 1. The van der Waals surface area contributed by atoms with E-state index in [9.17, 15) is 14.7 Å². The lowest BCUT2D eigenvalue weighted by Crippen LogP contribution is -2.42. The molecule has 0 radical (unpaired) electrons. The van der Waals surface area contributed by atoms with E-state index in [4.69, 9.17) is 0 Å². The highest BCUT2D eigenvalue weighted by atomic mass is 16.3. The fourth-order valence-corrected chi connectivity index (χ4v) is 6.40. The minimum atomic E-state index is -0.274. The van der Waals surface area contributed by atoms with Crippen LogP contribution in [0.25, 0.3) is 0 Å². The number of benzene rings is 1. The summed E-state index contributed by atoms with van der Waals surface area (Å²) in [6.07, 6.45) is 5.18. The van der Waals surface area contributed by atoms with Crippen LogP contribution in [-0.2, 0) is 16.0 Å². The second-order valence-electron chi connectivity index (χ2n) is 9.91. The number of hydrogen-bond acceptors (Lipinski definition) is 4. The number of rotatable bonds is 5. The molecule has 5 nitrogen and oxygen atoms in total. The van der Waals surface area contributed by atoms with Crippen molar-refractivity contribution in [1.82, 2.24) is 10.2 Å². The van der Waals surface area contributed by atoms with Gasteiger partial charge in [0.1, 0.15) is 11.5 Å². The van der Waals surface area contributed by atoms with E-state index in [1.807, 2.05) is 25.1 Å². The number of carbonyl (C=O) groups is 2. The fraction of sp³-hybridized carbons (Fsp3) is 0.667. The third-order valence-electron chi connectivity index (χ3n) is 7.88. The Hall–Kier alpha value is -1.88. The van der Waals surface area contributed by atoms with Gasteiger partial charge in [-0.2, -0.15) is 0 Å². The van der Waals surface area contributed by atoms with Gasteiger partial charge in [0.25, 0.3) is 0 Å². The Kier molecular flexibility index (Phi) is 5.45. The summed E-state index contributed by atoms with van der Waals surface area (Å²) in [5, 5.41) is 12.8. The molecule has 0 saturated heterocycles. The van der Waals surface area contributed by atoms with Gasteiger partial charge in [0, 0.05) is 30.8 Å². The molecule has 2 saturated carbocycles. The zero-order valence-electron chi connectivity index (χ0n) is 17.9. The van der Waals surface area contributed by atoms with Gasteiger partial charge in [-0.05, 0) is 87.2 Å². The number of aryl methyl sites for hydroxylation is 1. The first-order chi connectivity index (χ1) is 13.8. The van der Waals surface area contributed by atoms with Gasteiger partial charge in [-0.1, -0.05) is 13.0 Å². The molecule has 29 heavy (non-hydrogen) atoms. The number of nitrogens with one attached hydrogen (secondary N) is 1. The number of hydrogen-bond donors (Lipinski definition) is 2.